The minimum Gasteiger partial charge on any atom is -0.481 e. The second-order valence-corrected chi connectivity index (χ2v) is 5.41. The Bertz CT molecular complexity index is 515. The van der Waals surface area contributed by atoms with Crippen molar-refractivity contribution in [1.82, 2.24) is 5.32 Å². The minimum atomic E-state index is -0.709. The first-order valence-corrected chi connectivity index (χ1v) is 7.82. The van der Waals surface area contributed by atoms with Gasteiger partial charge in [0.1, 0.15) is 0 Å². The van der Waals surface area contributed by atoms with E-state index >= 15 is 0 Å². The number of aliphatic carboxylic acids is 1. The molecule has 0 aliphatic heterocycles. The van der Waals surface area contributed by atoms with Crippen LogP contribution in [0.1, 0.15) is 42.9 Å². The summed E-state index contributed by atoms with van der Waals surface area (Å²) in [4.78, 5) is 10.5. The van der Waals surface area contributed by atoms with Crippen LogP contribution < -0.4 is 5.32 Å². The molecule has 3 heteroatoms. The van der Waals surface area contributed by atoms with Crippen LogP contribution in [0.2, 0.25) is 0 Å². The van der Waals surface area contributed by atoms with E-state index in [1.165, 1.54) is 11.1 Å². The molecule has 2 N–H and O–H groups in total. The predicted molar refractivity (Wildman–Crippen MR) is 88.8 cm³/mol. The van der Waals surface area contributed by atoms with Crippen molar-refractivity contribution in [2.75, 3.05) is 6.54 Å². The lowest BCUT2D eigenvalue weighted by atomic mass is 9.98. The summed E-state index contributed by atoms with van der Waals surface area (Å²) in [6.45, 7) is 0.883. The van der Waals surface area contributed by atoms with E-state index in [0.29, 0.717) is 0 Å². The molecule has 0 spiro atoms. The van der Waals surface area contributed by atoms with Crippen molar-refractivity contribution in [2.24, 2.45) is 0 Å². The molecule has 2 rings (SSSR count). The van der Waals surface area contributed by atoms with E-state index in [1.54, 1.807) is 0 Å². The number of hydrogen-bond acceptors (Lipinski definition) is 2. The number of carboxylic acid groups (broad SMARTS) is 1. The lowest BCUT2D eigenvalue weighted by Crippen LogP contribution is -2.23. The maximum Gasteiger partial charge on any atom is 0.303 e. The fourth-order valence-electron chi connectivity index (χ4n) is 2.54. The maximum absolute atomic E-state index is 10.5. The van der Waals surface area contributed by atoms with Crippen LogP contribution in [0.4, 0.5) is 0 Å². The van der Waals surface area contributed by atoms with E-state index in [9.17, 15) is 4.79 Å². The average Bonchev–Trinajstić information content (AvgIpc) is 2.55. The Kier molecular flexibility index (Phi) is 6.65. The molecular weight excluding hydrogens is 274 g/mol. The SMILES string of the molecule is O=C(O)CCCCCNC(c1ccccc1)c1ccccc1. The molecule has 0 saturated heterocycles. The summed E-state index contributed by atoms with van der Waals surface area (Å²) < 4.78 is 0. The van der Waals surface area contributed by atoms with E-state index < -0.39 is 5.97 Å². The third kappa shape index (κ3) is 5.34. The Labute approximate surface area is 132 Å². The zero-order valence-electron chi connectivity index (χ0n) is 12.7. The monoisotopic (exact) mass is 297 g/mol. The van der Waals surface area contributed by atoms with Gasteiger partial charge in [0, 0.05) is 6.42 Å². The number of hydrogen-bond donors (Lipinski definition) is 2. The molecule has 0 aromatic heterocycles. The fourth-order valence-corrected chi connectivity index (χ4v) is 2.54. The lowest BCUT2D eigenvalue weighted by Gasteiger charge is -2.20. The molecule has 0 bridgehead atoms. The molecule has 2 aromatic rings. The second kappa shape index (κ2) is 9.00. The molecule has 0 fully saturated rings. The van der Waals surface area contributed by atoms with Crippen molar-refractivity contribution < 1.29 is 9.90 Å². The van der Waals surface area contributed by atoms with Crippen LogP contribution in [0, 0.1) is 0 Å². The summed E-state index contributed by atoms with van der Waals surface area (Å²) in [6, 6.07) is 21.0. The van der Waals surface area contributed by atoms with Crippen molar-refractivity contribution in [3.8, 4) is 0 Å². The molecule has 116 valence electrons. The van der Waals surface area contributed by atoms with Gasteiger partial charge >= 0.3 is 5.97 Å². The highest BCUT2D eigenvalue weighted by Gasteiger charge is 2.12. The largest absolute Gasteiger partial charge is 0.481 e. The average molecular weight is 297 g/mol. The molecule has 0 atom stereocenters. The van der Waals surface area contributed by atoms with Crippen LogP contribution in [0.5, 0.6) is 0 Å². The van der Waals surface area contributed by atoms with Gasteiger partial charge in [-0.2, -0.15) is 0 Å². The highest BCUT2D eigenvalue weighted by atomic mass is 16.4. The number of nitrogens with one attached hydrogen (secondary N) is 1. The third-order valence-electron chi connectivity index (χ3n) is 3.68. The van der Waals surface area contributed by atoms with Crippen LogP contribution >= 0.6 is 0 Å². The van der Waals surface area contributed by atoms with Gasteiger partial charge in [-0.1, -0.05) is 67.1 Å². The van der Waals surface area contributed by atoms with Crippen molar-refractivity contribution in [3.63, 3.8) is 0 Å². The molecule has 0 aliphatic rings. The Morgan fingerprint density at radius 3 is 1.91 bits per heavy atom. The second-order valence-electron chi connectivity index (χ2n) is 5.41. The Balaban J connectivity index is 1.91. The van der Waals surface area contributed by atoms with Gasteiger partial charge in [0.2, 0.25) is 0 Å². The number of unbranched alkanes of at least 4 members (excludes halogenated alkanes) is 2. The van der Waals surface area contributed by atoms with Crippen LogP contribution in [-0.2, 0) is 4.79 Å². The lowest BCUT2D eigenvalue weighted by molar-refractivity contribution is -0.137. The Hall–Kier alpha value is -2.13. The molecule has 3 nitrogen and oxygen atoms in total. The molecule has 22 heavy (non-hydrogen) atoms. The van der Waals surface area contributed by atoms with Crippen LogP contribution in [-0.4, -0.2) is 17.6 Å². The number of rotatable bonds is 9. The van der Waals surface area contributed by atoms with E-state index in [4.69, 9.17) is 5.11 Å². The summed E-state index contributed by atoms with van der Waals surface area (Å²) in [5.74, 6) is -0.709. The number of carbonyl (C=O) groups is 1. The normalized spacial score (nSPS) is 10.8. The number of benzene rings is 2. The first kappa shape index (κ1) is 16.2. The van der Waals surface area contributed by atoms with Gasteiger partial charge in [0.05, 0.1) is 6.04 Å². The first-order valence-electron chi connectivity index (χ1n) is 7.82. The van der Waals surface area contributed by atoms with Gasteiger partial charge in [-0.05, 0) is 30.5 Å². The topological polar surface area (TPSA) is 49.3 Å². The summed E-state index contributed by atoms with van der Waals surface area (Å²) in [7, 11) is 0. The van der Waals surface area contributed by atoms with Gasteiger partial charge in [-0.15, -0.1) is 0 Å². The molecule has 0 saturated carbocycles. The van der Waals surface area contributed by atoms with E-state index in [1.807, 2.05) is 12.1 Å². The highest BCUT2D eigenvalue weighted by molar-refractivity contribution is 5.66. The first-order chi connectivity index (χ1) is 10.8. The minimum absolute atomic E-state index is 0.182. The van der Waals surface area contributed by atoms with Crippen molar-refractivity contribution in [2.45, 2.75) is 31.7 Å². The summed E-state index contributed by atoms with van der Waals surface area (Å²) in [5, 5.41) is 12.2. The predicted octanol–water partition coefficient (Wildman–Crippen LogP) is 4.01. The van der Waals surface area contributed by atoms with Gasteiger partial charge < -0.3 is 10.4 Å². The van der Waals surface area contributed by atoms with E-state index in [0.717, 1.165) is 25.8 Å². The van der Waals surface area contributed by atoms with Crippen molar-refractivity contribution in [1.29, 1.82) is 0 Å². The van der Waals surface area contributed by atoms with Crippen LogP contribution in [0.3, 0.4) is 0 Å². The summed E-state index contributed by atoms with van der Waals surface area (Å²) in [6.07, 6.45) is 2.94. The highest BCUT2D eigenvalue weighted by Crippen LogP contribution is 2.21. The zero-order valence-corrected chi connectivity index (χ0v) is 12.7. The van der Waals surface area contributed by atoms with Crippen LogP contribution in [0.15, 0.2) is 60.7 Å². The van der Waals surface area contributed by atoms with Crippen LogP contribution in [0.25, 0.3) is 0 Å². The quantitative estimate of drug-likeness (QED) is 0.688. The number of carboxylic acids is 1. The van der Waals surface area contributed by atoms with Crippen molar-refractivity contribution >= 4 is 5.97 Å². The Morgan fingerprint density at radius 2 is 1.41 bits per heavy atom. The van der Waals surface area contributed by atoms with E-state index in [-0.39, 0.29) is 12.5 Å². The third-order valence-corrected chi connectivity index (χ3v) is 3.68. The zero-order chi connectivity index (χ0) is 15.6. The summed E-state index contributed by atoms with van der Waals surface area (Å²) in [5.41, 5.74) is 2.50. The van der Waals surface area contributed by atoms with Gasteiger partial charge in [0.25, 0.3) is 0 Å². The smallest absolute Gasteiger partial charge is 0.303 e. The molecule has 0 amide bonds. The standard InChI is InChI=1S/C19H23NO2/c21-18(22)14-8-3-9-15-20-19(16-10-4-1-5-11-16)17-12-6-2-7-13-17/h1-2,4-7,10-13,19-20H,3,8-9,14-15H2,(H,21,22). The molecule has 2 aromatic carbocycles. The maximum atomic E-state index is 10.5. The van der Waals surface area contributed by atoms with E-state index in [2.05, 4.69) is 53.8 Å². The summed E-state index contributed by atoms with van der Waals surface area (Å²) >= 11 is 0. The molecule has 0 heterocycles. The Morgan fingerprint density at radius 1 is 0.864 bits per heavy atom. The van der Waals surface area contributed by atoms with Gasteiger partial charge in [-0.25, -0.2) is 0 Å². The van der Waals surface area contributed by atoms with Gasteiger partial charge in [-0.3, -0.25) is 4.79 Å². The molecule has 0 radical (unpaired) electrons. The van der Waals surface area contributed by atoms with Gasteiger partial charge in [0.15, 0.2) is 0 Å². The fraction of sp³-hybridized carbons (Fsp3) is 0.316. The molecular formula is C19H23NO2. The molecule has 0 unspecified atom stereocenters. The molecule has 0 aliphatic carbocycles. The van der Waals surface area contributed by atoms with Crippen molar-refractivity contribution in [3.05, 3.63) is 71.8 Å².